The molecule has 3 N–H and O–H groups in total. The number of aliphatic hydroxyl groups is 1. The number of rotatable bonds is 4. The molecule has 6 heteroatoms. The van der Waals surface area contributed by atoms with Crippen molar-refractivity contribution in [2.24, 2.45) is 0 Å². The summed E-state index contributed by atoms with van der Waals surface area (Å²) in [6.45, 7) is 0.459. The molecular formula is C13H20N4O2. The van der Waals surface area contributed by atoms with E-state index in [0.29, 0.717) is 12.6 Å². The number of carbonyl (C=O) groups is 1. The molecule has 0 radical (unpaired) electrons. The van der Waals surface area contributed by atoms with Gasteiger partial charge in [0.25, 0.3) is 0 Å². The molecule has 0 saturated heterocycles. The van der Waals surface area contributed by atoms with Crippen molar-refractivity contribution >= 4 is 6.03 Å². The van der Waals surface area contributed by atoms with Crippen LogP contribution in [0.1, 0.15) is 30.5 Å². The summed E-state index contributed by atoms with van der Waals surface area (Å²) in [7, 11) is 0. The molecule has 2 aliphatic carbocycles. The second-order valence-corrected chi connectivity index (χ2v) is 5.41. The summed E-state index contributed by atoms with van der Waals surface area (Å²) in [5.41, 5.74) is 2.40. The van der Waals surface area contributed by atoms with E-state index in [1.807, 2.05) is 6.20 Å². The Bertz CT molecular complexity index is 455. The highest BCUT2D eigenvalue weighted by atomic mass is 16.3. The van der Waals surface area contributed by atoms with Crippen molar-refractivity contribution in [1.82, 2.24) is 20.4 Å². The largest absolute Gasteiger partial charge is 0.395 e. The Kier molecular flexibility index (Phi) is 3.42. The molecule has 2 amide bonds. The number of aromatic amines is 1. The summed E-state index contributed by atoms with van der Waals surface area (Å²) in [4.78, 5) is 14.0. The van der Waals surface area contributed by atoms with Crippen LogP contribution in [0, 0.1) is 0 Å². The fourth-order valence-corrected chi connectivity index (χ4v) is 2.74. The number of aryl methyl sites for hydroxylation is 1. The van der Waals surface area contributed by atoms with E-state index >= 15 is 0 Å². The standard InChI is InChI=1S/C13H20N4O2/c18-6-5-17(11-2-3-11)13(19)15-10-1-4-12-9(7-10)8-14-16-12/h8,10-11,18H,1-7H2,(H,14,16)(H,15,19). The van der Waals surface area contributed by atoms with Crippen molar-refractivity contribution in [2.75, 3.05) is 13.2 Å². The van der Waals surface area contributed by atoms with E-state index < -0.39 is 0 Å². The minimum atomic E-state index is -0.0338. The SMILES string of the molecule is O=C(NC1CCc2[nH]ncc2C1)N(CCO)C1CC1. The third kappa shape index (κ3) is 2.73. The Morgan fingerprint density at radius 1 is 1.53 bits per heavy atom. The Labute approximate surface area is 112 Å². The van der Waals surface area contributed by atoms with Gasteiger partial charge >= 0.3 is 6.03 Å². The molecule has 104 valence electrons. The van der Waals surface area contributed by atoms with Crippen LogP contribution in [0.5, 0.6) is 0 Å². The van der Waals surface area contributed by atoms with Crippen molar-refractivity contribution in [3.63, 3.8) is 0 Å². The van der Waals surface area contributed by atoms with Crippen LogP contribution in [-0.4, -0.2) is 51.5 Å². The van der Waals surface area contributed by atoms with Crippen LogP contribution in [0.4, 0.5) is 4.79 Å². The maximum atomic E-state index is 12.2. The Morgan fingerprint density at radius 2 is 2.37 bits per heavy atom. The number of H-pyrrole nitrogens is 1. The first-order valence-corrected chi connectivity index (χ1v) is 6.97. The van der Waals surface area contributed by atoms with Gasteiger partial charge in [0.15, 0.2) is 0 Å². The first-order valence-electron chi connectivity index (χ1n) is 6.97. The van der Waals surface area contributed by atoms with Gasteiger partial charge in [-0.25, -0.2) is 4.79 Å². The van der Waals surface area contributed by atoms with E-state index in [1.54, 1.807) is 4.90 Å². The highest BCUT2D eigenvalue weighted by Gasteiger charge is 2.33. The van der Waals surface area contributed by atoms with Crippen LogP contribution in [0.2, 0.25) is 0 Å². The summed E-state index contributed by atoms with van der Waals surface area (Å²) in [6.07, 6.45) is 6.69. The molecule has 1 unspecified atom stereocenters. The van der Waals surface area contributed by atoms with Gasteiger partial charge in [0, 0.05) is 24.3 Å². The molecule has 1 atom stereocenters. The van der Waals surface area contributed by atoms with Gasteiger partial charge in [0.1, 0.15) is 0 Å². The van der Waals surface area contributed by atoms with Gasteiger partial charge in [-0.05, 0) is 37.7 Å². The van der Waals surface area contributed by atoms with Crippen molar-refractivity contribution in [1.29, 1.82) is 0 Å². The van der Waals surface area contributed by atoms with Crippen LogP contribution in [0.15, 0.2) is 6.20 Å². The monoisotopic (exact) mass is 264 g/mol. The predicted octanol–water partition coefficient (Wildman–Crippen LogP) is 0.433. The van der Waals surface area contributed by atoms with E-state index in [2.05, 4.69) is 15.5 Å². The third-order valence-electron chi connectivity index (χ3n) is 3.93. The molecule has 1 saturated carbocycles. The number of hydrogen-bond donors (Lipinski definition) is 3. The van der Waals surface area contributed by atoms with Crippen LogP contribution in [-0.2, 0) is 12.8 Å². The van der Waals surface area contributed by atoms with Crippen molar-refractivity contribution in [3.05, 3.63) is 17.5 Å². The smallest absolute Gasteiger partial charge is 0.317 e. The van der Waals surface area contributed by atoms with Crippen molar-refractivity contribution in [3.8, 4) is 0 Å². The number of amides is 2. The number of aromatic nitrogens is 2. The molecule has 0 spiro atoms. The van der Waals surface area contributed by atoms with Crippen LogP contribution < -0.4 is 5.32 Å². The van der Waals surface area contributed by atoms with Gasteiger partial charge in [-0.1, -0.05) is 0 Å². The molecule has 0 aromatic carbocycles. The fraction of sp³-hybridized carbons (Fsp3) is 0.692. The zero-order valence-electron chi connectivity index (χ0n) is 10.9. The van der Waals surface area contributed by atoms with Crippen molar-refractivity contribution < 1.29 is 9.90 Å². The van der Waals surface area contributed by atoms with Gasteiger partial charge < -0.3 is 15.3 Å². The van der Waals surface area contributed by atoms with Crippen LogP contribution >= 0.6 is 0 Å². The molecule has 0 bridgehead atoms. The first kappa shape index (κ1) is 12.5. The topological polar surface area (TPSA) is 81.2 Å². The number of nitrogens with one attached hydrogen (secondary N) is 2. The number of carbonyl (C=O) groups excluding carboxylic acids is 1. The van der Waals surface area contributed by atoms with Gasteiger partial charge in [0.2, 0.25) is 0 Å². The quantitative estimate of drug-likeness (QED) is 0.738. The minimum absolute atomic E-state index is 0.0282. The zero-order valence-corrected chi connectivity index (χ0v) is 10.9. The summed E-state index contributed by atoms with van der Waals surface area (Å²) in [5.74, 6) is 0. The molecule has 1 aromatic rings. The average molecular weight is 264 g/mol. The summed E-state index contributed by atoms with van der Waals surface area (Å²) >= 11 is 0. The number of aliphatic hydroxyl groups excluding tert-OH is 1. The van der Waals surface area contributed by atoms with Gasteiger partial charge in [-0.15, -0.1) is 0 Å². The lowest BCUT2D eigenvalue weighted by molar-refractivity contribution is 0.169. The lowest BCUT2D eigenvalue weighted by Crippen LogP contribution is -2.48. The number of hydrogen-bond acceptors (Lipinski definition) is 3. The first-order chi connectivity index (χ1) is 9.28. The zero-order chi connectivity index (χ0) is 13.2. The second-order valence-electron chi connectivity index (χ2n) is 5.41. The van der Waals surface area contributed by atoms with E-state index in [9.17, 15) is 4.79 Å². The number of nitrogens with zero attached hydrogens (tertiary/aromatic N) is 2. The predicted molar refractivity (Wildman–Crippen MR) is 69.7 cm³/mol. The van der Waals surface area contributed by atoms with E-state index in [1.165, 1.54) is 11.3 Å². The van der Waals surface area contributed by atoms with Gasteiger partial charge in [0.05, 0.1) is 12.8 Å². The molecule has 3 rings (SSSR count). The van der Waals surface area contributed by atoms with Crippen LogP contribution in [0.3, 0.4) is 0 Å². The molecule has 1 aromatic heterocycles. The average Bonchev–Trinajstić information content (AvgIpc) is 3.13. The molecule has 1 heterocycles. The number of fused-ring (bicyclic) bond motifs is 1. The summed E-state index contributed by atoms with van der Waals surface area (Å²) < 4.78 is 0. The molecule has 2 aliphatic rings. The van der Waals surface area contributed by atoms with Gasteiger partial charge in [-0.3, -0.25) is 5.10 Å². The summed E-state index contributed by atoms with van der Waals surface area (Å²) in [6, 6.07) is 0.478. The third-order valence-corrected chi connectivity index (χ3v) is 3.93. The Morgan fingerprint density at radius 3 is 3.11 bits per heavy atom. The highest BCUT2D eigenvalue weighted by molar-refractivity contribution is 5.75. The van der Waals surface area contributed by atoms with Gasteiger partial charge in [-0.2, -0.15) is 5.10 Å². The fourth-order valence-electron chi connectivity index (χ4n) is 2.74. The minimum Gasteiger partial charge on any atom is -0.395 e. The lowest BCUT2D eigenvalue weighted by atomic mass is 9.94. The van der Waals surface area contributed by atoms with E-state index in [0.717, 1.165) is 32.1 Å². The molecule has 19 heavy (non-hydrogen) atoms. The van der Waals surface area contributed by atoms with E-state index in [-0.39, 0.29) is 18.7 Å². The normalized spacial score (nSPS) is 21.8. The molecule has 1 fully saturated rings. The highest BCUT2D eigenvalue weighted by Crippen LogP contribution is 2.27. The Balaban J connectivity index is 1.57. The lowest BCUT2D eigenvalue weighted by Gasteiger charge is -2.28. The molecule has 6 nitrogen and oxygen atoms in total. The molecule has 0 aliphatic heterocycles. The summed E-state index contributed by atoms with van der Waals surface area (Å²) in [5, 5.41) is 19.2. The van der Waals surface area contributed by atoms with E-state index in [4.69, 9.17) is 5.11 Å². The Hall–Kier alpha value is -1.56. The second kappa shape index (κ2) is 5.21. The van der Waals surface area contributed by atoms with Crippen LogP contribution in [0.25, 0.3) is 0 Å². The maximum Gasteiger partial charge on any atom is 0.317 e. The molecular weight excluding hydrogens is 244 g/mol. The number of urea groups is 1. The van der Waals surface area contributed by atoms with Crippen molar-refractivity contribution in [2.45, 2.75) is 44.2 Å². The maximum absolute atomic E-state index is 12.2.